The molecular formula is C32H27NO7. The number of benzene rings is 4. The largest absolute Gasteiger partial charge is 0.459 e. The van der Waals surface area contributed by atoms with E-state index in [-0.39, 0.29) is 16.7 Å². The van der Waals surface area contributed by atoms with E-state index < -0.39 is 49.2 Å². The highest BCUT2D eigenvalue weighted by atomic mass is 16.6. The molecule has 0 heterocycles. The van der Waals surface area contributed by atoms with Gasteiger partial charge in [-0.05, 0) is 48.5 Å². The average molecular weight is 538 g/mol. The van der Waals surface area contributed by atoms with Crippen LogP contribution in [0.2, 0.25) is 0 Å². The second-order valence-corrected chi connectivity index (χ2v) is 8.93. The van der Waals surface area contributed by atoms with Gasteiger partial charge in [-0.3, -0.25) is 4.79 Å². The number of carbonyl (C=O) groups is 4. The maximum Gasteiger partial charge on any atom is 0.338 e. The molecular weight excluding hydrogens is 510 g/mol. The molecule has 0 fully saturated rings. The van der Waals surface area contributed by atoms with Crippen molar-refractivity contribution in [3.05, 3.63) is 144 Å². The number of carbonyl (C=O) groups excluding carboxylic acids is 4. The minimum Gasteiger partial charge on any atom is -0.459 e. The molecule has 1 N–H and O–H groups in total. The zero-order valence-corrected chi connectivity index (χ0v) is 21.5. The van der Waals surface area contributed by atoms with Gasteiger partial charge in [0.1, 0.15) is 25.4 Å². The van der Waals surface area contributed by atoms with Gasteiger partial charge in [0.05, 0.1) is 16.7 Å². The summed E-state index contributed by atoms with van der Waals surface area (Å²) in [6.45, 7) is -1.36. The van der Waals surface area contributed by atoms with Crippen molar-refractivity contribution < 1.29 is 33.4 Å². The summed E-state index contributed by atoms with van der Waals surface area (Å²) in [5, 5.41) is 2.80. The van der Waals surface area contributed by atoms with Crippen molar-refractivity contribution in [3.8, 4) is 0 Å². The highest BCUT2D eigenvalue weighted by Gasteiger charge is 2.38. The van der Waals surface area contributed by atoms with Gasteiger partial charge in [0, 0.05) is 5.56 Å². The zero-order valence-electron chi connectivity index (χ0n) is 21.5. The van der Waals surface area contributed by atoms with Gasteiger partial charge in [-0.2, -0.15) is 0 Å². The Morgan fingerprint density at radius 1 is 0.450 bits per heavy atom. The second kappa shape index (κ2) is 13.5. The van der Waals surface area contributed by atoms with Crippen LogP contribution in [-0.2, 0) is 14.2 Å². The van der Waals surface area contributed by atoms with Crippen molar-refractivity contribution in [1.29, 1.82) is 0 Å². The number of hydrogen-bond donors (Lipinski definition) is 1. The Labute approximate surface area is 231 Å². The van der Waals surface area contributed by atoms with Crippen LogP contribution in [0.25, 0.3) is 0 Å². The Hall–Kier alpha value is -5.24. The van der Waals surface area contributed by atoms with Crippen molar-refractivity contribution >= 4 is 23.8 Å². The van der Waals surface area contributed by atoms with Gasteiger partial charge >= 0.3 is 17.9 Å². The van der Waals surface area contributed by atoms with Crippen molar-refractivity contribution in [2.75, 3.05) is 19.8 Å². The molecule has 0 aliphatic rings. The molecule has 0 aromatic heterocycles. The lowest BCUT2D eigenvalue weighted by atomic mass is 10.0. The Morgan fingerprint density at radius 2 is 0.725 bits per heavy atom. The SMILES string of the molecule is O=C(NC(COC(=O)c1ccccc1)(COC(=O)c1ccccc1)COC(=O)c1ccccc1)c1ccccc1. The van der Waals surface area contributed by atoms with E-state index in [1.54, 1.807) is 121 Å². The van der Waals surface area contributed by atoms with Crippen molar-refractivity contribution in [2.24, 2.45) is 0 Å². The predicted molar refractivity (Wildman–Crippen MR) is 147 cm³/mol. The molecule has 40 heavy (non-hydrogen) atoms. The summed E-state index contributed by atoms with van der Waals surface area (Å²) in [7, 11) is 0. The van der Waals surface area contributed by atoms with E-state index in [9.17, 15) is 19.2 Å². The fraction of sp³-hybridized carbons (Fsp3) is 0.125. The normalized spacial score (nSPS) is 10.7. The molecule has 8 nitrogen and oxygen atoms in total. The van der Waals surface area contributed by atoms with Gasteiger partial charge in [-0.25, -0.2) is 14.4 Å². The average Bonchev–Trinajstić information content (AvgIpc) is 3.02. The highest BCUT2D eigenvalue weighted by molar-refractivity contribution is 5.95. The number of hydrogen-bond acceptors (Lipinski definition) is 7. The van der Waals surface area contributed by atoms with E-state index >= 15 is 0 Å². The van der Waals surface area contributed by atoms with E-state index in [1.165, 1.54) is 0 Å². The van der Waals surface area contributed by atoms with Gasteiger partial charge in [-0.15, -0.1) is 0 Å². The van der Waals surface area contributed by atoms with Gasteiger partial charge < -0.3 is 19.5 Å². The fourth-order valence-corrected chi connectivity index (χ4v) is 3.72. The molecule has 0 bridgehead atoms. The molecule has 8 heteroatoms. The predicted octanol–water partition coefficient (Wildman–Crippen LogP) is 4.73. The summed E-state index contributed by atoms with van der Waals surface area (Å²) in [5.74, 6) is -2.53. The van der Waals surface area contributed by atoms with Crippen LogP contribution in [0.4, 0.5) is 0 Å². The Balaban J connectivity index is 1.62. The monoisotopic (exact) mass is 537 g/mol. The molecule has 0 unspecified atom stereocenters. The number of ether oxygens (including phenoxy) is 3. The zero-order chi connectivity index (χ0) is 28.2. The van der Waals surface area contributed by atoms with E-state index in [1.807, 2.05) is 0 Å². The standard InChI is InChI=1S/C32H27NO7/c34-28(24-13-5-1-6-14-24)33-32(21-38-29(35)25-15-7-2-8-16-25,22-39-30(36)26-17-9-3-10-18-26)23-40-31(37)27-19-11-4-12-20-27/h1-20H,21-23H2,(H,33,34). The molecule has 0 aliphatic heterocycles. The van der Waals surface area contributed by atoms with Crippen LogP contribution in [0, 0.1) is 0 Å². The summed E-state index contributed by atoms with van der Waals surface area (Å²) < 4.78 is 16.7. The fourth-order valence-electron chi connectivity index (χ4n) is 3.72. The Morgan fingerprint density at radius 3 is 1.02 bits per heavy atom. The molecule has 4 aromatic rings. The van der Waals surface area contributed by atoms with E-state index in [4.69, 9.17) is 14.2 Å². The summed E-state index contributed by atoms with van der Waals surface area (Å²) in [5.41, 5.74) is -0.452. The molecule has 202 valence electrons. The maximum atomic E-state index is 13.3. The number of esters is 3. The van der Waals surface area contributed by atoms with Gasteiger partial charge in [0.25, 0.3) is 5.91 Å². The summed E-state index contributed by atoms with van der Waals surface area (Å²) in [6.07, 6.45) is 0. The maximum absolute atomic E-state index is 13.3. The lowest BCUT2D eigenvalue weighted by molar-refractivity contribution is -0.0140. The lowest BCUT2D eigenvalue weighted by Crippen LogP contribution is -2.59. The van der Waals surface area contributed by atoms with Crippen LogP contribution < -0.4 is 5.32 Å². The minimum atomic E-state index is -1.62. The molecule has 0 radical (unpaired) electrons. The van der Waals surface area contributed by atoms with E-state index in [0.717, 1.165) is 0 Å². The van der Waals surface area contributed by atoms with Crippen LogP contribution in [0.1, 0.15) is 41.4 Å². The smallest absolute Gasteiger partial charge is 0.338 e. The second-order valence-electron chi connectivity index (χ2n) is 8.93. The number of nitrogens with one attached hydrogen (secondary N) is 1. The summed E-state index contributed by atoms with van der Waals surface area (Å²) >= 11 is 0. The van der Waals surface area contributed by atoms with Crippen LogP contribution in [0.15, 0.2) is 121 Å². The molecule has 0 atom stereocenters. The first-order valence-corrected chi connectivity index (χ1v) is 12.5. The van der Waals surface area contributed by atoms with Crippen molar-refractivity contribution in [3.63, 3.8) is 0 Å². The van der Waals surface area contributed by atoms with Crippen molar-refractivity contribution in [1.82, 2.24) is 5.32 Å². The highest BCUT2D eigenvalue weighted by Crippen LogP contribution is 2.16. The summed E-state index contributed by atoms with van der Waals surface area (Å²) in [4.78, 5) is 51.7. The van der Waals surface area contributed by atoms with Gasteiger partial charge in [0.15, 0.2) is 0 Å². The first kappa shape index (κ1) is 27.8. The minimum absolute atomic E-state index is 0.286. The first-order valence-electron chi connectivity index (χ1n) is 12.5. The van der Waals surface area contributed by atoms with Crippen LogP contribution in [0.3, 0.4) is 0 Å². The molecule has 0 saturated heterocycles. The van der Waals surface area contributed by atoms with E-state index in [0.29, 0.717) is 5.56 Å². The first-order chi connectivity index (χ1) is 19.5. The lowest BCUT2D eigenvalue weighted by Gasteiger charge is -2.33. The Bertz CT molecular complexity index is 1290. The van der Waals surface area contributed by atoms with Crippen LogP contribution in [0.5, 0.6) is 0 Å². The molecule has 0 aliphatic carbocycles. The van der Waals surface area contributed by atoms with Gasteiger partial charge in [0.2, 0.25) is 0 Å². The topological polar surface area (TPSA) is 108 Å². The number of rotatable bonds is 11. The molecule has 4 rings (SSSR count). The van der Waals surface area contributed by atoms with Crippen molar-refractivity contribution in [2.45, 2.75) is 5.54 Å². The molecule has 4 aromatic carbocycles. The molecule has 0 spiro atoms. The van der Waals surface area contributed by atoms with Gasteiger partial charge in [-0.1, -0.05) is 72.8 Å². The van der Waals surface area contributed by atoms with Crippen LogP contribution in [-0.4, -0.2) is 49.2 Å². The third kappa shape index (κ3) is 7.64. The third-order valence-corrected chi connectivity index (χ3v) is 5.88. The number of amides is 1. The quantitative estimate of drug-likeness (QED) is 0.218. The molecule has 0 saturated carbocycles. The Kier molecular flexibility index (Phi) is 9.39. The molecule has 1 amide bonds. The van der Waals surface area contributed by atoms with Crippen LogP contribution >= 0.6 is 0 Å². The third-order valence-electron chi connectivity index (χ3n) is 5.88. The van der Waals surface area contributed by atoms with E-state index in [2.05, 4.69) is 5.32 Å². The summed E-state index contributed by atoms with van der Waals surface area (Å²) in [6, 6.07) is 33.2.